The number of imidazole rings is 1. The number of aromatic nitrogens is 2. The maximum Gasteiger partial charge on any atom is 0.243 e. The number of hydrogen-bond acceptors (Lipinski definition) is 0. The molecule has 0 unspecified atom stereocenters. The highest BCUT2D eigenvalue weighted by Gasteiger charge is 2.23. The van der Waals surface area contributed by atoms with Gasteiger partial charge in [0.15, 0.2) is 0 Å². The predicted molar refractivity (Wildman–Crippen MR) is 57.0 cm³/mol. The largest absolute Gasteiger partial charge is 1.00 e. The predicted octanol–water partition coefficient (Wildman–Crippen LogP) is -0.305. The Labute approximate surface area is 110 Å². The molecule has 0 saturated heterocycles. The molecule has 0 spiro atoms. The van der Waals surface area contributed by atoms with Gasteiger partial charge in [0.2, 0.25) is 6.33 Å². The first-order valence-electron chi connectivity index (χ1n) is 5.96. The van der Waals surface area contributed by atoms with Crippen molar-refractivity contribution < 1.29 is 28.5 Å². The molecule has 0 radical (unpaired) electrons. The summed E-state index contributed by atoms with van der Waals surface area (Å²) in [6.07, 6.45) is 14.9. The van der Waals surface area contributed by atoms with Gasteiger partial charge in [0.25, 0.3) is 0 Å². The van der Waals surface area contributed by atoms with Crippen LogP contribution in [0.1, 0.15) is 51.5 Å². The molecule has 1 aliphatic carbocycles. The Kier molecular flexibility index (Phi) is 5.64. The zero-order chi connectivity index (χ0) is 9.80. The third-order valence-corrected chi connectivity index (χ3v) is 3.23. The Bertz CT molecular complexity index is 279. The lowest BCUT2D eigenvalue weighted by Crippen LogP contribution is -3.00. The van der Waals surface area contributed by atoms with Gasteiger partial charge in [-0.05, 0) is 32.1 Å². The summed E-state index contributed by atoms with van der Waals surface area (Å²) in [5.41, 5.74) is 0. The lowest BCUT2D eigenvalue weighted by molar-refractivity contribution is -0.697. The summed E-state index contributed by atoms with van der Waals surface area (Å²) in [5, 5.41) is 0. The van der Waals surface area contributed by atoms with Crippen LogP contribution in [0.3, 0.4) is 0 Å². The fourth-order valence-corrected chi connectivity index (χ4v) is 1.99. The number of halogens is 1. The summed E-state index contributed by atoms with van der Waals surface area (Å²) in [6, 6.07) is 0.808. The fourth-order valence-electron chi connectivity index (χ4n) is 1.99. The highest BCUT2D eigenvalue weighted by Crippen LogP contribution is 2.30. The minimum atomic E-state index is 0. The van der Waals surface area contributed by atoms with Gasteiger partial charge in [-0.3, -0.25) is 0 Å². The van der Waals surface area contributed by atoms with Crippen LogP contribution in [0.15, 0.2) is 18.7 Å². The van der Waals surface area contributed by atoms with E-state index in [1.165, 1.54) is 45.1 Å². The van der Waals surface area contributed by atoms with E-state index in [2.05, 4.69) is 34.8 Å². The van der Waals surface area contributed by atoms with Crippen LogP contribution in [-0.4, -0.2) is 4.57 Å². The minimum absolute atomic E-state index is 0. The summed E-state index contributed by atoms with van der Waals surface area (Å²) < 4.78 is 4.71. The molecule has 0 aliphatic heterocycles. The molecule has 0 N–H and O–H groups in total. The van der Waals surface area contributed by atoms with Crippen LogP contribution in [0.25, 0.3) is 0 Å². The van der Waals surface area contributed by atoms with E-state index in [0.717, 1.165) is 6.04 Å². The smallest absolute Gasteiger partial charge is 0.243 e. The molecule has 1 fully saturated rings. The van der Waals surface area contributed by atoms with Crippen LogP contribution in [0, 0.1) is 0 Å². The molecule has 1 aromatic heterocycles. The molecule has 0 bridgehead atoms. The normalized spacial score (nSPS) is 15.8. The molecule has 1 aromatic rings. The summed E-state index contributed by atoms with van der Waals surface area (Å²) in [7, 11) is 0. The van der Waals surface area contributed by atoms with Gasteiger partial charge in [0, 0.05) is 0 Å². The summed E-state index contributed by atoms with van der Waals surface area (Å²) in [6.45, 7) is 3.44. The molecule has 1 saturated carbocycles. The van der Waals surface area contributed by atoms with Crippen LogP contribution in [0.4, 0.5) is 0 Å². The molecular formula is C12H21IN2. The van der Waals surface area contributed by atoms with E-state index >= 15 is 0 Å². The van der Waals surface area contributed by atoms with Gasteiger partial charge in [-0.15, -0.1) is 0 Å². The van der Waals surface area contributed by atoms with E-state index in [1.807, 2.05) is 0 Å². The standard InChI is InChI=1S/C12H21N2.HI/c1-2-3-4-8-13-9-10-14(11-13)12-6-5-7-12;/h9-12H,2-8H2,1H3;1H/q+1;/p-1. The molecule has 86 valence electrons. The number of hydrogen-bond donors (Lipinski definition) is 0. The summed E-state index contributed by atoms with van der Waals surface area (Å²) in [5.74, 6) is 0. The third kappa shape index (κ3) is 3.47. The van der Waals surface area contributed by atoms with Gasteiger partial charge in [0.05, 0.1) is 6.54 Å². The van der Waals surface area contributed by atoms with Crippen molar-refractivity contribution in [2.75, 3.05) is 0 Å². The first-order valence-corrected chi connectivity index (χ1v) is 5.96. The van der Waals surface area contributed by atoms with Crippen LogP contribution in [-0.2, 0) is 6.54 Å². The van der Waals surface area contributed by atoms with Crippen molar-refractivity contribution in [3.8, 4) is 0 Å². The van der Waals surface area contributed by atoms with Crippen molar-refractivity contribution in [2.24, 2.45) is 0 Å². The number of aryl methyl sites for hydroxylation is 1. The Morgan fingerprint density at radius 3 is 2.73 bits per heavy atom. The molecule has 1 heterocycles. The van der Waals surface area contributed by atoms with Gasteiger partial charge in [0.1, 0.15) is 18.4 Å². The van der Waals surface area contributed by atoms with E-state index in [1.54, 1.807) is 0 Å². The van der Waals surface area contributed by atoms with E-state index in [0.29, 0.717) is 0 Å². The molecule has 2 nitrogen and oxygen atoms in total. The molecular weight excluding hydrogens is 299 g/mol. The Morgan fingerprint density at radius 2 is 2.13 bits per heavy atom. The third-order valence-electron chi connectivity index (χ3n) is 3.23. The second-order valence-electron chi connectivity index (χ2n) is 4.39. The maximum absolute atomic E-state index is 2.38. The second kappa shape index (κ2) is 6.51. The van der Waals surface area contributed by atoms with Crippen molar-refractivity contribution in [3.63, 3.8) is 0 Å². The van der Waals surface area contributed by atoms with Gasteiger partial charge in [-0.1, -0.05) is 13.3 Å². The lowest BCUT2D eigenvalue weighted by atomic mass is 9.93. The summed E-state index contributed by atoms with van der Waals surface area (Å²) in [4.78, 5) is 0. The molecule has 0 atom stereocenters. The average molecular weight is 320 g/mol. The molecule has 1 aliphatic rings. The van der Waals surface area contributed by atoms with Crippen molar-refractivity contribution >= 4 is 0 Å². The van der Waals surface area contributed by atoms with E-state index in [9.17, 15) is 0 Å². The second-order valence-corrected chi connectivity index (χ2v) is 4.39. The monoisotopic (exact) mass is 320 g/mol. The zero-order valence-corrected chi connectivity index (χ0v) is 11.7. The highest BCUT2D eigenvalue weighted by molar-refractivity contribution is 4.80. The van der Waals surface area contributed by atoms with Crippen molar-refractivity contribution in [3.05, 3.63) is 18.7 Å². The molecule has 15 heavy (non-hydrogen) atoms. The first kappa shape index (κ1) is 13.0. The zero-order valence-electron chi connectivity index (χ0n) is 9.53. The van der Waals surface area contributed by atoms with E-state index < -0.39 is 0 Å². The van der Waals surface area contributed by atoms with Gasteiger partial charge < -0.3 is 24.0 Å². The van der Waals surface area contributed by atoms with Crippen molar-refractivity contribution in [1.82, 2.24) is 4.57 Å². The highest BCUT2D eigenvalue weighted by atomic mass is 127. The fraction of sp³-hybridized carbons (Fsp3) is 0.750. The van der Waals surface area contributed by atoms with Crippen LogP contribution < -0.4 is 28.5 Å². The maximum atomic E-state index is 2.38. The van der Waals surface area contributed by atoms with Gasteiger partial charge in [-0.25, -0.2) is 9.13 Å². The molecule has 0 aromatic carbocycles. The summed E-state index contributed by atoms with van der Waals surface area (Å²) >= 11 is 0. The van der Waals surface area contributed by atoms with Crippen LogP contribution in [0.5, 0.6) is 0 Å². The quantitative estimate of drug-likeness (QED) is 0.400. The van der Waals surface area contributed by atoms with Crippen molar-refractivity contribution in [2.45, 2.75) is 58.0 Å². The average Bonchev–Trinajstić information content (AvgIpc) is 2.51. The van der Waals surface area contributed by atoms with Crippen molar-refractivity contribution in [1.29, 1.82) is 0 Å². The topological polar surface area (TPSA) is 8.81 Å². The lowest BCUT2D eigenvalue weighted by Gasteiger charge is -2.21. The van der Waals surface area contributed by atoms with E-state index in [4.69, 9.17) is 0 Å². The van der Waals surface area contributed by atoms with Crippen LogP contribution in [0.2, 0.25) is 0 Å². The minimum Gasteiger partial charge on any atom is -1.00 e. The first-order chi connectivity index (χ1) is 6.90. The number of unbranched alkanes of at least 4 members (excludes halogenated alkanes) is 2. The SMILES string of the molecule is CCCCC[n+]1ccn(C2CCC2)c1.[I-]. The Balaban J connectivity index is 0.00000112. The molecule has 2 rings (SSSR count). The molecule has 3 heteroatoms. The molecule has 0 amide bonds. The van der Waals surface area contributed by atoms with Gasteiger partial charge >= 0.3 is 0 Å². The number of rotatable bonds is 5. The van der Waals surface area contributed by atoms with E-state index in [-0.39, 0.29) is 24.0 Å². The number of nitrogens with zero attached hydrogens (tertiary/aromatic N) is 2. The Hall–Kier alpha value is -0.0600. The van der Waals surface area contributed by atoms with Crippen LogP contribution >= 0.6 is 0 Å². The van der Waals surface area contributed by atoms with Gasteiger partial charge in [-0.2, -0.15) is 0 Å². The Morgan fingerprint density at radius 1 is 1.33 bits per heavy atom.